The molecule has 6 nitrogen and oxygen atoms in total. The zero-order chi connectivity index (χ0) is 19.7. The van der Waals surface area contributed by atoms with E-state index >= 15 is 0 Å². The van der Waals surface area contributed by atoms with E-state index in [9.17, 15) is 9.59 Å². The summed E-state index contributed by atoms with van der Waals surface area (Å²) in [4.78, 5) is 30.6. The molecule has 0 bridgehead atoms. The maximum absolute atomic E-state index is 13.1. The molecule has 0 aliphatic heterocycles. The van der Waals surface area contributed by atoms with Gasteiger partial charge in [-0.25, -0.2) is 4.98 Å². The van der Waals surface area contributed by atoms with Gasteiger partial charge in [-0.3, -0.25) is 14.0 Å². The summed E-state index contributed by atoms with van der Waals surface area (Å²) in [5.41, 5.74) is 3.38. The van der Waals surface area contributed by atoms with Crippen LogP contribution in [-0.2, 0) is 6.54 Å². The van der Waals surface area contributed by atoms with E-state index < -0.39 is 0 Å². The minimum Gasteiger partial charge on any atom is -0.351 e. The molecule has 0 aliphatic rings. The van der Waals surface area contributed by atoms with Crippen LogP contribution in [-0.4, -0.2) is 26.4 Å². The molecule has 0 spiro atoms. The van der Waals surface area contributed by atoms with Crippen LogP contribution in [0.5, 0.6) is 0 Å². The van der Waals surface area contributed by atoms with Crippen molar-refractivity contribution in [2.45, 2.75) is 26.8 Å². The number of hydrogen-bond acceptors (Lipinski definition) is 3. The number of nitrogens with zero attached hydrogens (tertiary/aromatic N) is 3. The fourth-order valence-corrected chi connectivity index (χ4v) is 3.35. The lowest BCUT2D eigenvalue weighted by Gasteiger charge is -2.11. The number of benzene rings is 1. The minimum absolute atomic E-state index is 0.167. The van der Waals surface area contributed by atoms with Crippen molar-refractivity contribution in [3.05, 3.63) is 81.9 Å². The first kappa shape index (κ1) is 18.0. The molecule has 4 rings (SSSR count). The van der Waals surface area contributed by atoms with Crippen molar-refractivity contribution in [3.8, 4) is 0 Å². The highest BCUT2D eigenvalue weighted by Crippen LogP contribution is 2.19. The summed E-state index contributed by atoms with van der Waals surface area (Å²) in [6.07, 6.45) is 2.62. The van der Waals surface area contributed by atoms with Gasteiger partial charge in [0.05, 0.1) is 5.39 Å². The monoisotopic (exact) mass is 374 g/mol. The molecular weight excluding hydrogens is 352 g/mol. The van der Waals surface area contributed by atoms with Gasteiger partial charge in [0.25, 0.3) is 11.5 Å². The molecule has 1 amide bonds. The number of carbonyl (C=O) groups excluding carboxylic acids is 1. The molecule has 0 atom stereocenters. The minimum atomic E-state index is -0.194. The van der Waals surface area contributed by atoms with Gasteiger partial charge in [0.2, 0.25) is 0 Å². The Morgan fingerprint density at radius 2 is 1.93 bits per heavy atom. The van der Waals surface area contributed by atoms with Crippen molar-refractivity contribution in [2.24, 2.45) is 0 Å². The van der Waals surface area contributed by atoms with E-state index in [2.05, 4.69) is 5.32 Å². The van der Waals surface area contributed by atoms with Crippen molar-refractivity contribution in [3.63, 3.8) is 0 Å². The lowest BCUT2D eigenvalue weighted by Crippen LogP contribution is -2.26. The number of nitrogens with one attached hydrogen (secondary N) is 1. The van der Waals surface area contributed by atoms with Gasteiger partial charge in [-0.15, -0.1) is 0 Å². The lowest BCUT2D eigenvalue weighted by molar-refractivity contribution is 0.0945. The fourth-order valence-electron chi connectivity index (χ4n) is 3.35. The average molecular weight is 374 g/mol. The maximum Gasteiger partial charge on any atom is 0.268 e. The van der Waals surface area contributed by atoms with Gasteiger partial charge in [-0.1, -0.05) is 43.3 Å². The second-order valence-corrected chi connectivity index (χ2v) is 6.95. The molecule has 0 radical (unpaired) electrons. The first-order valence-corrected chi connectivity index (χ1v) is 9.43. The highest BCUT2D eigenvalue weighted by Gasteiger charge is 2.19. The number of carbonyl (C=O) groups is 1. The van der Waals surface area contributed by atoms with Crippen LogP contribution in [0, 0.1) is 6.92 Å². The summed E-state index contributed by atoms with van der Waals surface area (Å²) < 4.78 is 3.37. The number of amides is 1. The first-order valence-electron chi connectivity index (χ1n) is 9.43. The van der Waals surface area contributed by atoms with Crippen LogP contribution in [0.15, 0.2) is 59.5 Å². The van der Waals surface area contributed by atoms with Crippen LogP contribution in [0.2, 0.25) is 0 Å². The Morgan fingerprint density at radius 3 is 2.68 bits per heavy atom. The summed E-state index contributed by atoms with van der Waals surface area (Å²) in [7, 11) is 0. The standard InChI is InChI=1S/C22H22N4O2/c1-3-11-23-21(27)18-12-17-20(25(18)14-16-7-5-4-6-8-16)24-19-10-9-15(2)13-26(19)22(17)28/h4-10,12-13H,3,11,14H2,1-2H3,(H,23,27). The highest BCUT2D eigenvalue weighted by molar-refractivity contribution is 5.98. The molecular formula is C22H22N4O2. The second kappa shape index (κ2) is 7.31. The van der Waals surface area contributed by atoms with E-state index in [1.807, 2.05) is 60.9 Å². The van der Waals surface area contributed by atoms with Crippen molar-refractivity contribution in [1.82, 2.24) is 19.3 Å². The molecule has 6 heteroatoms. The lowest BCUT2D eigenvalue weighted by atomic mass is 10.2. The Balaban J connectivity index is 1.96. The predicted molar refractivity (Wildman–Crippen MR) is 110 cm³/mol. The molecule has 3 heterocycles. The third-order valence-electron chi connectivity index (χ3n) is 4.76. The Morgan fingerprint density at radius 1 is 1.14 bits per heavy atom. The number of rotatable bonds is 5. The molecule has 3 aromatic heterocycles. The Bertz CT molecular complexity index is 1220. The number of pyridine rings is 1. The molecule has 0 fully saturated rings. The largest absolute Gasteiger partial charge is 0.351 e. The molecule has 1 aromatic carbocycles. The molecule has 1 N–H and O–H groups in total. The summed E-state index contributed by atoms with van der Waals surface area (Å²) in [6, 6.07) is 15.3. The molecule has 142 valence electrons. The van der Waals surface area contributed by atoms with E-state index in [1.165, 1.54) is 4.40 Å². The van der Waals surface area contributed by atoms with Gasteiger partial charge in [-0.05, 0) is 36.6 Å². The topological polar surface area (TPSA) is 68.4 Å². The van der Waals surface area contributed by atoms with Crippen LogP contribution in [0.1, 0.15) is 35.0 Å². The zero-order valence-corrected chi connectivity index (χ0v) is 16.0. The first-order chi connectivity index (χ1) is 13.6. The number of aryl methyl sites for hydroxylation is 1. The van der Waals surface area contributed by atoms with Crippen LogP contribution in [0.4, 0.5) is 0 Å². The summed E-state index contributed by atoms with van der Waals surface area (Å²) in [6.45, 7) is 4.98. The molecule has 0 aliphatic carbocycles. The van der Waals surface area contributed by atoms with Crippen molar-refractivity contribution in [2.75, 3.05) is 6.54 Å². The molecule has 0 saturated carbocycles. The van der Waals surface area contributed by atoms with Crippen molar-refractivity contribution < 1.29 is 4.79 Å². The normalized spacial score (nSPS) is 11.2. The van der Waals surface area contributed by atoms with E-state index in [0.29, 0.717) is 35.5 Å². The zero-order valence-electron chi connectivity index (χ0n) is 16.0. The maximum atomic E-state index is 13.1. The Kier molecular flexibility index (Phi) is 4.69. The van der Waals surface area contributed by atoms with E-state index in [0.717, 1.165) is 17.5 Å². The van der Waals surface area contributed by atoms with E-state index in [-0.39, 0.29) is 11.5 Å². The molecule has 4 aromatic rings. The number of hydrogen-bond donors (Lipinski definition) is 1. The third-order valence-corrected chi connectivity index (χ3v) is 4.76. The van der Waals surface area contributed by atoms with Gasteiger partial charge in [0.1, 0.15) is 17.0 Å². The third kappa shape index (κ3) is 3.17. The Labute approximate surface area is 162 Å². The van der Waals surface area contributed by atoms with Gasteiger partial charge in [-0.2, -0.15) is 0 Å². The van der Waals surface area contributed by atoms with E-state index in [1.54, 1.807) is 12.3 Å². The summed E-state index contributed by atoms with van der Waals surface area (Å²) >= 11 is 0. The molecule has 0 saturated heterocycles. The molecule has 28 heavy (non-hydrogen) atoms. The van der Waals surface area contributed by atoms with Gasteiger partial charge < -0.3 is 9.88 Å². The van der Waals surface area contributed by atoms with Crippen LogP contribution in [0.3, 0.4) is 0 Å². The quantitative estimate of drug-likeness (QED) is 0.583. The number of aromatic nitrogens is 3. The van der Waals surface area contributed by atoms with E-state index in [4.69, 9.17) is 4.98 Å². The summed E-state index contributed by atoms with van der Waals surface area (Å²) in [5, 5.41) is 3.35. The Hall–Kier alpha value is -3.41. The molecule has 0 unspecified atom stereocenters. The summed E-state index contributed by atoms with van der Waals surface area (Å²) in [5.74, 6) is -0.194. The highest BCUT2D eigenvalue weighted by atomic mass is 16.2. The van der Waals surface area contributed by atoms with Gasteiger partial charge in [0.15, 0.2) is 0 Å². The number of fused-ring (bicyclic) bond motifs is 2. The second-order valence-electron chi connectivity index (χ2n) is 6.95. The fraction of sp³-hybridized carbons (Fsp3) is 0.227. The predicted octanol–water partition coefficient (Wildman–Crippen LogP) is 3.15. The van der Waals surface area contributed by atoms with Crippen LogP contribution in [0.25, 0.3) is 16.7 Å². The van der Waals surface area contributed by atoms with Gasteiger partial charge in [0, 0.05) is 19.3 Å². The van der Waals surface area contributed by atoms with Crippen molar-refractivity contribution >= 4 is 22.6 Å². The van der Waals surface area contributed by atoms with Crippen molar-refractivity contribution in [1.29, 1.82) is 0 Å². The smallest absolute Gasteiger partial charge is 0.268 e. The van der Waals surface area contributed by atoms with Gasteiger partial charge >= 0.3 is 0 Å². The van der Waals surface area contributed by atoms with Crippen LogP contribution >= 0.6 is 0 Å². The average Bonchev–Trinajstić information content (AvgIpc) is 3.06. The SMILES string of the molecule is CCCNC(=O)c1cc2c(=O)n3cc(C)ccc3nc2n1Cc1ccccc1. The van der Waals surface area contributed by atoms with Crippen LogP contribution < -0.4 is 10.9 Å².